The van der Waals surface area contributed by atoms with Crippen LogP contribution >= 0.6 is 11.3 Å². The topological polar surface area (TPSA) is 55.8 Å². The molecule has 0 fully saturated rings. The van der Waals surface area contributed by atoms with Crippen molar-refractivity contribution in [3.05, 3.63) is 41.3 Å². The highest BCUT2D eigenvalue weighted by atomic mass is 32.2. The zero-order valence-electron chi connectivity index (χ0n) is 11.5. The maximum absolute atomic E-state index is 12.4. The molecular weight excluding hydrogens is 310 g/mol. The second-order valence-corrected chi connectivity index (χ2v) is 7.89. The number of nitrogens with zero attached hydrogens (tertiary/aromatic N) is 1. The number of hydrogen-bond acceptors (Lipinski definition) is 5. The number of benzene rings is 1. The van der Waals surface area contributed by atoms with Gasteiger partial charge in [-0.05, 0) is 29.1 Å². The van der Waals surface area contributed by atoms with Gasteiger partial charge in [0.25, 0.3) is 10.0 Å². The van der Waals surface area contributed by atoms with Gasteiger partial charge < -0.3 is 9.47 Å². The summed E-state index contributed by atoms with van der Waals surface area (Å²) in [6.07, 6.45) is 0. The van der Waals surface area contributed by atoms with E-state index >= 15 is 0 Å². The van der Waals surface area contributed by atoms with E-state index < -0.39 is 10.0 Å². The molecule has 7 heteroatoms. The first-order chi connectivity index (χ1) is 10.1. The van der Waals surface area contributed by atoms with Crippen molar-refractivity contribution in [3.8, 4) is 11.5 Å². The molecule has 1 aliphatic heterocycles. The van der Waals surface area contributed by atoms with Gasteiger partial charge in [0, 0.05) is 13.6 Å². The molecule has 3 rings (SSSR count). The zero-order chi connectivity index (χ0) is 14.9. The number of rotatable bonds is 4. The van der Waals surface area contributed by atoms with Crippen molar-refractivity contribution in [3.63, 3.8) is 0 Å². The summed E-state index contributed by atoms with van der Waals surface area (Å²) < 4.78 is 37.4. The van der Waals surface area contributed by atoms with Crippen molar-refractivity contribution < 1.29 is 17.9 Å². The van der Waals surface area contributed by atoms with Crippen molar-refractivity contribution in [2.75, 3.05) is 20.3 Å². The SMILES string of the molecule is CN(Cc1ccc2c(c1)OCCO2)S(=O)(=O)c1cccs1. The van der Waals surface area contributed by atoms with Gasteiger partial charge in [-0.15, -0.1) is 11.3 Å². The number of ether oxygens (including phenoxy) is 2. The van der Waals surface area contributed by atoms with E-state index in [1.807, 2.05) is 18.2 Å². The van der Waals surface area contributed by atoms with Gasteiger partial charge >= 0.3 is 0 Å². The Labute approximate surface area is 127 Å². The number of thiophene rings is 1. The Hall–Kier alpha value is -1.57. The van der Waals surface area contributed by atoms with Crippen LogP contribution in [0.4, 0.5) is 0 Å². The fourth-order valence-electron chi connectivity index (χ4n) is 2.09. The summed E-state index contributed by atoms with van der Waals surface area (Å²) in [6, 6.07) is 8.84. The van der Waals surface area contributed by atoms with Crippen molar-refractivity contribution >= 4 is 21.4 Å². The van der Waals surface area contributed by atoms with E-state index in [-0.39, 0.29) is 6.54 Å². The molecule has 0 saturated carbocycles. The summed E-state index contributed by atoms with van der Waals surface area (Å²) >= 11 is 1.22. The molecule has 0 saturated heterocycles. The molecule has 21 heavy (non-hydrogen) atoms. The van der Waals surface area contributed by atoms with Crippen LogP contribution in [0.25, 0.3) is 0 Å². The highest BCUT2D eigenvalue weighted by Crippen LogP contribution is 2.31. The Bertz CT molecular complexity index is 725. The van der Waals surface area contributed by atoms with Gasteiger partial charge in [-0.1, -0.05) is 12.1 Å². The third-order valence-corrected chi connectivity index (χ3v) is 6.35. The van der Waals surface area contributed by atoms with Crippen molar-refractivity contribution in [1.82, 2.24) is 4.31 Å². The molecule has 0 spiro atoms. The summed E-state index contributed by atoms with van der Waals surface area (Å²) in [5.74, 6) is 1.37. The van der Waals surface area contributed by atoms with Gasteiger partial charge in [0.2, 0.25) is 0 Å². The van der Waals surface area contributed by atoms with E-state index in [9.17, 15) is 8.42 Å². The average Bonchev–Trinajstić information content (AvgIpc) is 3.02. The largest absolute Gasteiger partial charge is 0.486 e. The summed E-state index contributed by atoms with van der Waals surface area (Å²) in [7, 11) is -1.86. The maximum Gasteiger partial charge on any atom is 0.252 e. The predicted octanol–water partition coefficient (Wildman–Crippen LogP) is 2.34. The summed E-state index contributed by atoms with van der Waals surface area (Å²) in [4.78, 5) is 0. The van der Waals surface area contributed by atoms with Crippen LogP contribution in [-0.4, -0.2) is 33.0 Å². The molecule has 1 aromatic carbocycles. The lowest BCUT2D eigenvalue weighted by Gasteiger charge is -2.20. The first kappa shape index (κ1) is 14.4. The van der Waals surface area contributed by atoms with Gasteiger partial charge in [-0.25, -0.2) is 8.42 Å². The second kappa shape index (κ2) is 5.67. The molecule has 0 radical (unpaired) electrons. The molecule has 5 nitrogen and oxygen atoms in total. The fraction of sp³-hybridized carbons (Fsp3) is 0.286. The van der Waals surface area contributed by atoms with Gasteiger partial charge in [-0.2, -0.15) is 4.31 Å². The van der Waals surface area contributed by atoms with Crippen molar-refractivity contribution in [2.45, 2.75) is 10.8 Å². The van der Waals surface area contributed by atoms with E-state index in [2.05, 4.69) is 0 Å². The number of hydrogen-bond donors (Lipinski definition) is 0. The smallest absolute Gasteiger partial charge is 0.252 e. The lowest BCUT2D eigenvalue weighted by molar-refractivity contribution is 0.171. The first-order valence-electron chi connectivity index (χ1n) is 6.46. The highest BCUT2D eigenvalue weighted by Gasteiger charge is 2.22. The van der Waals surface area contributed by atoms with Gasteiger partial charge in [-0.3, -0.25) is 0 Å². The highest BCUT2D eigenvalue weighted by molar-refractivity contribution is 7.91. The van der Waals surface area contributed by atoms with Gasteiger partial charge in [0.1, 0.15) is 17.4 Å². The van der Waals surface area contributed by atoms with E-state index in [0.29, 0.717) is 28.9 Å². The Balaban J connectivity index is 1.80. The molecule has 0 bridgehead atoms. The quantitative estimate of drug-likeness (QED) is 0.866. The fourth-order valence-corrected chi connectivity index (χ4v) is 4.45. The summed E-state index contributed by atoms with van der Waals surface area (Å²) in [6.45, 7) is 1.34. The standard InChI is InChI=1S/C14H15NO4S2/c1-15(21(16,17)14-3-2-8-20-14)10-11-4-5-12-13(9-11)19-7-6-18-12/h2-5,8-9H,6-7,10H2,1H3. The average molecular weight is 325 g/mol. The lowest BCUT2D eigenvalue weighted by Crippen LogP contribution is -2.26. The molecule has 0 N–H and O–H groups in total. The Morgan fingerprint density at radius 3 is 2.67 bits per heavy atom. The van der Waals surface area contributed by atoms with Crippen LogP contribution in [0.5, 0.6) is 11.5 Å². The van der Waals surface area contributed by atoms with Crippen LogP contribution in [0, 0.1) is 0 Å². The normalized spacial score (nSPS) is 14.4. The number of fused-ring (bicyclic) bond motifs is 1. The van der Waals surface area contributed by atoms with Crippen LogP contribution in [0.2, 0.25) is 0 Å². The number of sulfonamides is 1. The third-order valence-electron chi connectivity index (χ3n) is 3.17. The first-order valence-corrected chi connectivity index (χ1v) is 8.78. The van der Waals surface area contributed by atoms with Crippen molar-refractivity contribution in [2.24, 2.45) is 0 Å². The maximum atomic E-state index is 12.4. The lowest BCUT2D eigenvalue weighted by atomic mass is 10.2. The molecule has 2 heterocycles. The van der Waals surface area contributed by atoms with Crippen molar-refractivity contribution in [1.29, 1.82) is 0 Å². The van der Waals surface area contributed by atoms with Gasteiger partial charge in [0.05, 0.1) is 0 Å². The van der Waals surface area contributed by atoms with Crippen LogP contribution in [-0.2, 0) is 16.6 Å². The van der Waals surface area contributed by atoms with E-state index in [4.69, 9.17) is 9.47 Å². The van der Waals surface area contributed by atoms with Crippen LogP contribution < -0.4 is 9.47 Å². The monoisotopic (exact) mass is 325 g/mol. The molecule has 1 aromatic heterocycles. The Morgan fingerprint density at radius 2 is 1.95 bits per heavy atom. The molecule has 0 aliphatic carbocycles. The third kappa shape index (κ3) is 2.90. The minimum Gasteiger partial charge on any atom is -0.486 e. The summed E-state index contributed by atoms with van der Waals surface area (Å²) in [5.41, 5.74) is 0.863. The van der Waals surface area contributed by atoms with Crippen LogP contribution in [0.15, 0.2) is 39.9 Å². The predicted molar refractivity (Wildman–Crippen MR) is 80.4 cm³/mol. The van der Waals surface area contributed by atoms with Crippen LogP contribution in [0.1, 0.15) is 5.56 Å². The molecule has 2 aromatic rings. The van der Waals surface area contributed by atoms with Crippen LogP contribution in [0.3, 0.4) is 0 Å². The molecule has 112 valence electrons. The Morgan fingerprint density at radius 1 is 1.19 bits per heavy atom. The molecule has 0 unspecified atom stereocenters. The molecule has 1 aliphatic rings. The minimum absolute atomic E-state index is 0.289. The molecule has 0 atom stereocenters. The second-order valence-electron chi connectivity index (χ2n) is 4.67. The minimum atomic E-state index is -3.44. The van der Waals surface area contributed by atoms with Gasteiger partial charge in [0.15, 0.2) is 11.5 Å². The molecular formula is C14H15NO4S2. The molecule has 0 amide bonds. The van der Waals surface area contributed by atoms with E-state index in [1.165, 1.54) is 15.6 Å². The zero-order valence-corrected chi connectivity index (χ0v) is 13.1. The Kier molecular flexibility index (Phi) is 3.88. The van der Waals surface area contributed by atoms with E-state index in [0.717, 1.165) is 5.56 Å². The van der Waals surface area contributed by atoms with E-state index in [1.54, 1.807) is 24.6 Å². The summed E-state index contributed by atoms with van der Waals surface area (Å²) in [5, 5.41) is 1.75.